The number of benzene rings is 1. The number of nitro groups is 1. The van der Waals surface area contributed by atoms with Crippen LogP contribution in [0.15, 0.2) is 18.2 Å². The predicted molar refractivity (Wildman–Crippen MR) is 73.1 cm³/mol. The van der Waals surface area contributed by atoms with Crippen molar-refractivity contribution >= 4 is 17.3 Å². The van der Waals surface area contributed by atoms with Crippen molar-refractivity contribution in [3.8, 4) is 0 Å². The highest BCUT2D eigenvalue weighted by molar-refractivity contribution is 5.93. The lowest BCUT2D eigenvalue weighted by Gasteiger charge is -2.11. The molecule has 102 valence electrons. The van der Waals surface area contributed by atoms with Crippen molar-refractivity contribution in [2.45, 2.75) is 39.0 Å². The van der Waals surface area contributed by atoms with Crippen LogP contribution in [-0.2, 0) is 11.2 Å². The molecule has 1 fully saturated rings. The quantitative estimate of drug-likeness (QED) is 0.668. The summed E-state index contributed by atoms with van der Waals surface area (Å²) in [7, 11) is 0. The zero-order chi connectivity index (χ0) is 13.8. The van der Waals surface area contributed by atoms with E-state index in [1.165, 1.54) is 6.07 Å². The van der Waals surface area contributed by atoms with Gasteiger partial charge in [-0.05, 0) is 25.3 Å². The molecule has 1 aliphatic rings. The Morgan fingerprint density at radius 2 is 2.11 bits per heavy atom. The minimum absolute atomic E-state index is 0.0175. The maximum absolute atomic E-state index is 12.0. The van der Waals surface area contributed by atoms with E-state index in [9.17, 15) is 14.9 Å². The summed E-state index contributed by atoms with van der Waals surface area (Å²) in [6.07, 6.45) is 4.62. The van der Waals surface area contributed by atoms with Gasteiger partial charge in [0.1, 0.15) is 0 Å². The van der Waals surface area contributed by atoms with Crippen molar-refractivity contribution in [2.24, 2.45) is 5.92 Å². The van der Waals surface area contributed by atoms with Crippen LogP contribution in [0.25, 0.3) is 0 Å². The SMILES string of the molecule is CCc1ccc(NC(=O)C2CCCC2)cc1[N+](=O)[O-]. The van der Waals surface area contributed by atoms with Gasteiger partial charge in [0.15, 0.2) is 0 Å². The minimum Gasteiger partial charge on any atom is -0.326 e. The van der Waals surface area contributed by atoms with Gasteiger partial charge < -0.3 is 5.32 Å². The van der Waals surface area contributed by atoms with E-state index in [-0.39, 0.29) is 17.5 Å². The molecule has 0 atom stereocenters. The summed E-state index contributed by atoms with van der Waals surface area (Å²) in [5.41, 5.74) is 1.27. The van der Waals surface area contributed by atoms with E-state index in [0.717, 1.165) is 25.7 Å². The van der Waals surface area contributed by atoms with Crippen LogP contribution in [-0.4, -0.2) is 10.8 Å². The fourth-order valence-corrected chi connectivity index (χ4v) is 2.54. The highest BCUT2D eigenvalue weighted by Gasteiger charge is 2.23. The van der Waals surface area contributed by atoms with Crippen molar-refractivity contribution in [2.75, 3.05) is 5.32 Å². The third-order valence-corrected chi connectivity index (χ3v) is 3.66. The molecule has 1 aliphatic carbocycles. The molecule has 5 heteroatoms. The molecule has 19 heavy (non-hydrogen) atoms. The average Bonchev–Trinajstić information content (AvgIpc) is 2.92. The van der Waals surface area contributed by atoms with E-state index in [1.807, 2.05) is 6.92 Å². The van der Waals surface area contributed by atoms with E-state index in [0.29, 0.717) is 17.7 Å². The third kappa shape index (κ3) is 3.10. The van der Waals surface area contributed by atoms with Crippen molar-refractivity contribution in [3.63, 3.8) is 0 Å². The van der Waals surface area contributed by atoms with E-state index >= 15 is 0 Å². The number of hydrogen-bond donors (Lipinski definition) is 1. The lowest BCUT2D eigenvalue weighted by molar-refractivity contribution is -0.385. The van der Waals surface area contributed by atoms with Gasteiger partial charge in [-0.25, -0.2) is 0 Å². The third-order valence-electron chi connectivity index (χ3n) is 3.66. The van der Waals surface area contributed by atoms with Gasteiger partial charge in [-0.1, -0.05) is 25.8 Å². The van der Waals surface area contributed by atoms with E-state index in [1.54, 1.807) is 12.1 Å². The monoisotopic (exact) mass is 262 g/mol. The van der Waals surface area contributed by atoms with Crippen molar-refractivity contribution in [1.82, 2.24) is 0 Å². The molecule has 0 aliphatic heterocycles. The summed E-state index contributed by atoms with van der Waals surface area (Å²) in [5.74, 6) is 0.0426. The van der Waals surface area contributed by atoms with E-state index in [4.69, 9.17) is 0 Å². The van der Waals surface area contributed by atoms with Gasteiger partial charge in [-0.15, -0.1) is 0 Å². The minimum atomic E-state index is -0.399. The van der Waals surface area contributed by atoms with Gasteiger partial charge in [0.05, 0.1) is 4.92 Å². The first kappa shape index (κ1) is 13.5. The summed E-state index contributed by atoms with van der Waals surface area (Å²) >= 11 is 0. The van der Waals surface area contributed by atoms with Crippen LogP contribution in [0.5, 0.6) is 0 Å². The Labute approximate surface area is 112 Å². The first-order valence-corrected chi connectivity index (χ1v) is 6.70. The Balaban J connectivity index is 2.14. The Morgan fingerprint density at radius 3 is 2.68 bits per heavy atom. The molecule has 1 N–H and O–H groups in total. The number of rotatable bonds is 4. The number of amides is 1. The van der Waals surface area contributed by atoms with Crippen LogP contribution in [0.3, 0.4) is 0 Å². The highest BCUT2D eigenvalue weighted by atomic mass is 16.6. The van der Waals surface area contributed by atoms with Crippen LogP contribution in [0.4, 0.5) is 11.4 Å². The summed E-state index contributed by atoms with van der Waals surface area (Å²) in [5, 5.41) is 13.8. The average molecular weight is 262 g/mol. The summed E-state index contributed by atoms with van der Waals surface area (Å²) < 4.78 is 0. The maximum atomic E-state index is 12.0. The zero-order valence-electron chi connectivity index (χ0n) is 11.0. The van der Waals surface area contributed by atoms with Gasteiger partial charge in [-0.3, -0.25) is 14.9 Å². The smallest absolute Gasteiger partial charge is 0.274 e. The standard InChI is InChI=1S/C14H18N2O3/c1-2-10-7-8-12(9-13(10)16(18)19)15-14(17)11-5-3-4-6-11/h7-9,11H,2-6H2,1H3,(H,15,17). The number of nitrogens with zero attached hydrogens (tertiary/aromatic N) is 1. The molecule has 0 aromatic heterocycles. The molecular formula is C14H18N2O3. The van der Waals surface area contributed by atoms with Crippen LogP contribution < -0.4 is 5.32 Å². The second kappa shape index (κ2) is 5.82. The highest BCUT2D eigenvalue weighted by Crippen LogP contribution is 2.28. The molecular weight excluding hydrogens is 244 g/mol. The number of nitrogens with one attached hydrogen (secondary N) is 1. The predicted octanol–water partition coefficient (Wildman–Crippen LogP) is 3.29. The topological polar surface area (TPSA) is 72.2 Å². The van der Waals surface area contributed by atoms with Gasteiger partial charge in [-0.2, -0.15) is 0 Å². The first-order chi connectivity index (χ1) is 9.11. The fraction of sp³-hybridized carbons (Fsp3) is 0.500. The van der Waals surface area contributed by atoms with Crippen LogP contribution >= 0.6 is 0 Å². The van der Waals surface area contributed by atoms with Crippen LogP contribution in [0.1, 0.15) is 38.2 Å². The van der Waals surface area contributed by atoms with Gasteiger partial charge in [0, 0.05) is 23.2 Å². The number of aryl methyl sites for hydroxylation is 1. The van der Waals surface area contributed by atoms with Gasteiger partial charge in [0.25, 0.3) is 5.69 Å². The zero-order valence-corrected chi connectivity index (χ0v) is 11.0. The number of carbonyl (C=O) groups is 1. The summed E-state index contributed by atoms with van der Waals surface area (Å²) in [6, 6.07) is 4.90. The van der Waals surface area contributed by atoms with E-state index < -0.39 is 4.92 Å². The summed E-state index contributed by atoms with van der Waals surface area (Å²) in [6.45, 7) is 1.87. The number of nitro benzene ring substituents is 1. The molecule has 0 spiro atoms. The van der Waals surface area contributed by atoms with Crippen LogP contribution in [0, 0.1) is 16.0 Å². The fourth-order valence-electron chi connectivity index (χ4n) is 2.54. The Hall–Kier alpha value is -1.91. The van der Waals surface area contributed by atoms with Gasteiger partial charge in [0.2, 0.25) is 5.91 Å². The first-order valence-electron chi connectivity index (χ1n) is 6.70. The summed E-state index contributed by atoms with van der Waals surface area (Å²) in [4.78, 5) is 22.5. The maximum Gasteiger partial charge on any atom is 0.274 e. The second-order valence-electron chi connectivity index (χ2n) is 4.92. The number of carbonyl (C=O) groups excluding carboxylic acids is 1. The van der Waals surface area contributed by atoms with Crippen LogP contribution in [0.2, 0.25) is 0 Å². The normalized spacial score (nSPS) is 15.4. The molecule has 1 aromatic rings. The molecule has 1 aromatic carbocycles. The molecule has 1 amide bonds. The van der Waals surface area contributed by atoms with E-state index in [2.05, 4.69) is 5.32 Å². The molecule has 0 saturated heterocycles. The molecule has 5 nitrogen and oxygen atoms in total. The van der Waals surface area contributed by atoms with Crippen molar-refractivity contribution in [1.29, 1.82) is 0 Å². The molecule has 0 bridgehead atoms. The largest absolute Gasteiger partial charge is 0.326 e. The Morgan fingerprint density at radius 1 is 1.42 bits per heavy atom. The second-order valence-corrected chi connectivity index (χ2v) is 4.92. The molecule has 2 rings (SSSR count). The lowest BCUT2D eigenvalue weighted by atomic mass is 10.1. The number of hydrogen-bond acceptors (Lipinski definition) is 3. The molecule has 1 saturated carbocycles. The molecule has 0 radical (unpaired) electrons. The van der Waals surface area contributed by atoms with Crippen molar-refractivity contribution in [3.05, 3.63) is 33.9 Å². The number of anilines is 1. The Bertz CT molecular complexity index is 493. The molecule has 0 unspecified atom stereocenters. The van der Waals surface area contributed by atoms with Crippen molar-refractivity contribution < 1.29 is 9.72 Å². The lowest BCUT2D eigenvalue weighted by Crippen LogP contribution is -2.20. The molecule has 0 heterocycles. The Kier molecular flexibility index (Phi) is 4.14. The van der Waals surface area contributed by atoms with Gasteiger partial charge >= 0.3 is 0 Å².